The van der Waals surface area contributed by atoms with Gasteiger partial charge in [-0.25, -0.2) is 9.18 Å². The molecule has 0 fully saturated rings. The Hall–Kier alpha value is -2.11. The van der Waals surface area contributed by atoms with Crippen LogP contribution in [0.2, 0.25) is 0 Å². The Morgan fingerprint density at radius 3 is 2.26 bits per heavy atom. The molecule has 5 nitrogen and oxygen atoms in total. The third-order valence-corrected chi connectivity index (χ3v) is 2.45. The van der Waals surface area contributed by atoms with Gasteiger partial charge in [0.15, 0.2) is 0 Å². The highest BCUT2D eigenvalue weighted by atomic mass is 19.1. The number of hydrogen-bond donors (Lipinski definition) is 0. The molecule has 6 heteroatoms. The molecular formula is C13H15FO5. The summed E-state index contributed by atoms with van der Waals surface area (Å²) < 4.78 is 27.4. The number of rotatable bonds is 6. The highest BCUT2D eigenvalue weighted by Crippen LogP contribution is 2.30. The lowest BCUT2D eigenvalue weighted by Gasteiger charge is -2.12. The molecule has 0 N–H and O–H groups in total. The molecule has 1 aromatic rings. The van der Waals surface area contributed by atoms with E-state index in [1.807, 2.05) is 0 Å². The zero-order valence-corrected chi connectivity index (χ0v) is 11.0. The van der Waals surface area contributed by atoms with Gasteiger partial charge in [0.2, 0.25) is 0 Å². The van der Waals surface area contributed by atoms with Gasteiger partial charge in [-0.3, -0.25) is 4.79 Å². The molecule has 0 atom stereocenters. The number of ether oxygens (including phenoxy) is 3. The summed E-state index contributed by atoms with van der Waals surface area (Å²) in [4.78, 5) is 23.3. The zero-order chi connectivity index (χ0) is 14.4. The van der Waals surface area contributed by atoms with Gasteiger partial charge >= 0.3 is 5.97 Å². The van der Waals surface area contributed by atoms with E-state index in [1.165, 1.54) is 26.4 Å². The summed E-state index contributed by atoms with van der Waals surface area (Å²) in [6.45, 7) is 0.912. The first-order valence-electron chi connectivity index (χ1n) is 5.61. The van der Waals surface area contributed by atoms with E-state index in [2.05, 4.69) is 4.74 Å². The van der Waals surface area contributed by atoms with Crippen molar-refractivity contribution >= 4 is 11.8 Å². The van der Waals surface area contributed by atoms with Gasteiger partial charge in [-0.2, -0.15) is 0 Å². The number of Topliss-reactive ketones (excluding diaryl/α,β-unsaturated/α-hetero) is 1. The van der Waals surface area contributed by atoms with Crippen molar-refractivity contribution in [2.75, 3.05) is 20.8 Å². The van der Waals surface area contributed by atoms with Crippen LogP contribution in [0.15, 0.2) is 12.1 Å². The topological polar surface area (TPSA) is 61.8 Å². The summed E-state index contributed by atoms with van der Waals surface area (Å²) >= 11 is 0. The van der Waals surface area contributed by atoms with E-state index in [0.29, 0.717) is 0 Å². The lowest BCUT2D eigenvalue weighted by Crippen LogP contribution is -2.18. The van der Waals surface area contributed by atoms with Gasteiger partial charge in [-0.1, -0.05) is 0 Å². The Bertz CT molecular complexity index is 484. The van der Waals surface area contributed by atoms with Crippen LogP contribution in [0.1, 0.15) is 22.8 Å². The minimum Gasteiger partial charge on any atom is -0.496 e. The van der Waals surface area contributed by atoms with Crippen LogP contribution in [0.25, 0.3) is 0 Å². The quantitative estimate of drug-likeness (QED) is 0.449. The number of esters is 1. The van der Waals surface area contributed by atoms with Crippen molar-refractivity contribution < 1.29 is 28.2 Å². The van der Waals surface area contributed by atoms with Crippen LogP contribution < -0.4 is 9.47 Å². The fraction of sp³-hybridized carbons (Fsp3) is 0.385. The Kier molecular flexibility index (Phi) is 5.29. The highest BCUT2D eigenvalue weighted by Gasteiger charge is 2.23. The lowest BCUT2D eigenvalue weighted by molar-refractivity contribution is -0.137. The summed E-state index contributed by atoms with van der Waals surface area (Å²) in [6, 6.07) is 2.60. The van der Waals surface area contributed by atoms with E-state index < -0.39 is 18.4 Å². The number of carbonyl (C=O) groups is 2. The third-order valence-electron chi connectivity index (χ3n) is 2.45. The van der Waals surface area contributed by atoms with Crippen LogP contribution in [0.4, 0.5) is 4.39 Å². The number of methoxy groups -OCH3 is 2. The van der Waals surface area contributed by atoms with Crippen molar-refractivity contribution in [3.05, 3.63) is 23.3 Å². The number of alkyl halides is 1. The number of hydrogen-bond acceptors (Lipinski definition) is 5. The summed E-state index contributed by atoms with van der Waals surface area (Å²) in [6.07, 6.45) is 0. The molecule has 0 aliphatic heterocycles. The number of halogens is 1. The molecule has 0 spiro atoms. The minimum absolute atomic E-state index is 0.0185. The van der Waals surface area contributed by atoms with Gasteiger partial charge in [0.25, 0.3) is 5.78 Å². The molecule has 0 radical (unpaired) electrons. The third kappa shape index (κ3) is 3.21. The molecule has 0 aromatic heterocycles. The van der Waals surface area contributed by atoms with Crippen molar-refractivity contribution in [1.82, 2.24) is 0 Å². The molecule has 0 bridgehead atoms. The molecular weight excluding hydrogens is 255 g/mol. The van der Waals surface area contributed by atoms with Crippen LogP contribution in [-0.2, 0) is 16.2 Å². The maximum atomic E-state index is 12.8. The number of carbonyl (C=O) groups excluding carboxylic acids is 2. The second kappa shape index (κ2) is 6.72. The molecule has 0 heterocycles. The first-order valence-corrected chi connectivity index (χ1v) is 5.61. The minimum atomic E-state index is -0.990. The van der Waals surface area contributed by atoms with Crippen molar-refractivity contribution in [2.45, 2.75) is 13.6 Å². The van der Waals surface area contributed by atoms with Crippen molar-refractivity contribution in [1.29, 1.82) is 0 Å². The highest BCUT2D eigenvalue weighted by molar-refractivity contribution is 6.41. The zero-order valence-electron chi connectivity index (χ0n) is 11.0. The maximum Gasteiger partial charge on any atom is 0.379 e. The van der Waals surface area contributed by atoms with E-state index in [-0.39, 0.29) is 29.2 Å². The van der Waals surface area contributed by atoms with Crippen molar-refractivity contribution in [2.24, 2.45) is 0 Å². The van der Waals surface area contributed by atoms with Crippen LogP contribution in [0.5, 0.6) is 11.5 Å². The molecule has 104 valence electrons. The van der Waals surface area contributed by atoms with Gasteiger partial charge < -0.3 is 14.2 Å². The molecule has 1 rings (SSSR count). The monoisotopic (exact) mass is 270 g/mol. The molecule has 19 heavy (non-hydrogen) atoms. The normalized spacial score (nSPS) is 9.89. The first-order chi connectivity index (χ1) is 9.08. The summed E-state index contributed by atoms with van der Waals surface area (Å²) in [5.41, 5.74) is 0.217. The van der Waals surface area contributed by atoms with Gasteiger partial charge in [0.05, 0.1) is 26.4 Å². The summed E-state index contributed by atoms with van der Waals surface area (Å²) in [5.74, 6) is -1.57. The van der Waals surface area contributed by atoms with E-state index in [1.54, 1.807) is 6.92 Å². The number of benzene rings is 1. The Labute approximate surface area is 110 Å². The van der Waals surface area contributed by atoms with E-state index in [9.17, 15) is 14.0 Å². The maximum absolute atomic E-state index is 12.8. The fourth-order valence-electron chi connectivity index (χ4n) is 1.55. The van der Waals surface area contributed by atoms with E-state index in [4.69, 9.17) is 9.47 Å². The SMILES string of the molecule is CCOC(=O)C(=O)c1cc(OC)c(CF)cc1OC. The summed E-state index contributed by atoms with van der Waals surface area (Å²) in [5, 5.41) is 0. The van der Waals surface area contributed by atoms with Gasteiger partial charge in [-0.15, -0.1) is 0 Å². The van der Waals surface area contributed by atoms with E-state index in [0.717, 1.165) is 0 Å². The second-order valence-corrected chi connectivity index (χ2v) is 3.55. The van der Waals surface area contributed by atoms with Gasteiger partial charge in [-0.05, 0) is 19.1 Å². The van der Waals surface area contributed by atoms with Crippen LogP contribution >= 0.6 is 0 Å². The largest absolute Gasteiger partial charge is 0.496 e. The lowest BCUT2D eigenvalue weighted by atomic mass is 10.1. The first kappa shape index (κ1) is 14.9. The number of ketones is 1. The van der Waals surface area contributed by atoms with Gasteiger partial charge in [0, 0.05) is 5.56 Å². The van der Waals surface area contributed by atoms with Crippen LogP contribution in [-0.4, -0.2) is 32.6 Å². The molecule has 0 amide bonds. The molecule has 1 aromatic carbocycles. The molecule has 0 saturated carbocycles. The second-order valence-electron chi connectivity index (χ2n) is 3.55. The standard InChI is InChI=1S/C13H15FO5/c1-4-19-13(16)12(15)9-6-10(17-2)8(7-14)5-11(9)18-3/h5-6H,4,7H2,1-3H3. The Balaban J connectivity index is 3.25. The van der Waals surface area contributed by atoms with Crippen molar-refractivity contribution in [3.63, 3.8) is 0 Å². The average Bonchev–Trinajstić information content (AvgIpc) is 2.45. The average molecular weight is 270 g/mol. The molecule has 0 saturated heterocycles. The smallest absolute Gasteiger partial charge is 0.379 e. The summed E-state index contributed by atoms with van der Waals surface area (Å²) in [7, 11) is 2.67. The van der Waals surface area contributed by atoms with Crippen LogP contribution in [0, 0.1) is 0 Å². The predicted octanol–water partition coefficient (Wildman–Crippen LogP) is 1.92. The predicted molar refractivity (Wildman–Crippen MR) is 65.3 cm³/mol. The van der Waals surface area contributed by atoms with Crippen molar-refractivity contribution in [3.8, 4) is 11.5 Å². The molecule has 0 unspecified atom stereocenters. The van der Waals surface area contributed by atoms with Crippen LogP contribution in [0.3, 0.4) is 0 Å². The van der Waals surface area contributed by atoms with Gasteiger partial charge in [0.1, 0.15) is 18.2 Å². The Morgan fingerprint density at radius 2 is 1.79 bits per heavy atom. The molecule has 0 aliphatic carbocycles. The molecule has 0 aliphatic rings. The Morgan fingerprint density at radius 1 is 1.16 bits per heavy atom. The van der Waals surface area contributed by atoms with E-state index >= 15 is 0 Å². The fourth-order valence-corrected chi connectivity index (χ4v) is 1.55.